The second kappa shape index (κ2) is 8.19. The number of anilines is 1. The molecule has 1 aliphatic rings. The Kier molecular flexibility index (Phi) is 5.81. The van der Waals surface area contributed by atoms with Crippen molar-refractivity contribution in [2.75, 3.05) is 11.9 Å². The molecular weight excluding hydrogens is 422 g/mol. The quantitative estimate of drug-likeness (QED) is 0.711. The number of ether oxygens (including phenoxy) is 2. The van der Waals surface area contributed by atoms with Crippen molar-refractivity contribution in [1.29, 1.82) is 5.26 Å². The Bertz CT molecular complexity index is 1070. The van der Waals surface area contributed by atoms with Crippen LogP contribution in [-0.4, -0.2) is 35.8 Å². The minimum Gasteiger partial charge on any atom is -0.391 e. The maximum atomic E-state index is 14.5. The van der Waals surface area contributed by atoms with Gasteiger partial charge in [0.1, 0.15) is 29.9 Å². The summed E-state index contributed by atoms with van der Waals surface area (Å²) in [6.45, 7) is 0.488. The van der Waals surface area contributed by atoms with Crippen LogP contribution in [-0.2, 0) is 10.3 Å². The number of nitrogens with one attached hydrogen (secondary N) is 1. The molecule has 1 aromatic heterocycles. The molecule has 0 saturated carbocycles. The van der Waals surface area contributed by atoms with Crippen molar-refractivity contribution in [3.05, 3.63) is 53.5 Å². The van der Waals surface area contributed by atoms with Gasteiger partial charge in [0.15, 0.2) is 6.10 Å². The number of halogens is 4. The van der Waals surface area contributed by atoms with Gasteiger partial charge in [-0.25, -0.2) is 14.2 Å². The van der Waals surface area contributed by atoms with E-state index in [0.717, 1.165) is 25.1 Å². The van der Waals surface area contributed by atoms with E-state index >= 15 is 0 Å². The molecule has 2 atom stereocenters. The molecule has 0 aliphatic carbocycles. The standard InChI is InChI=1S/C19H15F4N5O3/c1-18(16(19(21,22)23)30-9-14(25)28-18)12-6-11(3-4-13(12)20)27-17(29)31-15-5-2-10(7-24)8-26-15/h2-6,8,16H,9H2,1H3,(H2,25,28)(H,27,29). The molecule has 0 spiro atoms. The fourth-order valence-corrected chi connectivity index (χ4v) is 3.07. The summed E-state index contributed by atoms with van der Waals surface area (Å²) in [4.78, 5) is 19.7. The molecule has 0 bridgehead atoms. The fraction of sp³-hybridized carbons (Fsp3) is 0.263. The van der Waals surface area contributed by atoms with Crippen LogP contribution in [0.2, 0.25) is 0 Å². The van der Waals surface area contributed by atoms with E-state index < -0.39 is 41.9 Å². The number of amidine groups is 1. The highest BCUT2D eigenvalue weighted by Crippen LogP contribution is 2.43. The van der Waals surface area contributed by atoms with Crippen LogP contribution in [0.1, 0.15) is 18.1 Å². The third-order valence-corrected chi connectivity index (χ3v) is 4.40. The van der Waals surface area contributed by atoms with E-state index in [1.54, 1.807) is 0 Å². The van der Waals surface area contributed by atoms with Gasteiger partial charge in [0, 0.05) is 23.5 Å². The first-order valence-corrected chi connectivity index (χ1v) is 8.70. The lowest BCUT2D eigenvalue weighted by molar-refractivity contribution is -0.238. The summed E-state index contributed by atoms with van der Waals surface area (Å²) in [5.74, 6) is -1.35. The van der Waals surface area contributed by atoms with E-state index in [0.29, 0.717) is 0 Å². The molecule has 31 heavy (non-hydrogen) atoms. The van der Waals surface area contributed by atoms with Gasteiger partial charge in [-0.1, -0.05) is 0 Å². The molecule has 0 fully saturated rings. The van der Waals surface area contributed by atoms with Gasteiger partial charge >= 0.3 is 12.3 Å². The zero-order valence-corrected chi connectivity index (χ0v) is 15.9. The van der Waals surface area contributed by atoms with Crippen molar-refractivity contribution in [1.82, 2.24) is 4.98 Å². The number of pyridine rings is 1. The number of nitriles is 1. The van der Waals surface area contributed by atoms with E-state index in [4.69, 9.17) is 20.5 Å². The third-order valence-electron chi connectivity index (χ3n) is 4.40. The summed E-state index contributed by atoms with van der Waals surface area (Å²) in [6.07, 6.45) is -7.15. The molecule has 2 aromatic rings. The van der Waals surface area contributed by atoms with E-state index in [1.807, 2.05) is 6.07 Å². The Morgan fingerprint density at radius 3 is 2.74 bits per heavy atom. The van der Waals surface area contributed by atoms with Crippen LogP contribution in [0.25, 0.3) is 0 Å². The number of rotatable bonds is 3. The number of benzene rings is 1. The first kappa shape index (κ1) is 22.0. The molecule has 2 unspecified atom stereocenters. The number of hydrogen-bond acceptors (Lipinski definition) is 7. The van der Waals surface area contributed by atoms with E-state index in [-0.39, 0.29) is 23.0 Å². The highest BCUT2D eigenvalue weighted by atomic mass is 19.4. The lowest BCUT2D eigenvalue weighted by atomic mass is 9.84. The predicted octanol–water partition coefficient (Wildman–Crippen LogP) is 3.24. The normalized spacial score (nSPS) is 21.0. The number of aromatic nitrogens is 1. The van der Waals surface area contributed by atoms with Gasteiger partial charge in [0.05, 0.1) is 5.56 Å². The Balaban J connectivity index is 1.87. The minimum absolute atomic E-state index is 0.0588. The van der Waals surface area contributed by atoms with Gasteiger partial charge in [-0.2, -0.15) is 18.4 Å². The molecule has 12 heteroatoms. The molecule has 0 saturated heterocycles. The topological polar surface area (TPSA) is 123 Å². The van der Waals surface area contributed by atoms with Gasteiger partial charge in [0.25, 0.3) is 0 Å². The maximum Gasteiger partial charge on any atom is 0.418 e. The van der Waals surface area contributed by atoms with Gasteiger partial charge in [-0.3, -0.25) is 10.3 Å². The van der Waals surface area contributed by atoms with Crippen molar-refractivity contribution < 1.29 is 31.8 Å². The van der Waals surface area contributed by atoms with Crippen LogP contribution in [0.5, 0.6) is 5.88 Å². The first-order valence-electron chi connectivity index (χ1n) is 8.70. The molecule has 3 N–H and O–H groups in total. The van der Waals surface area contributed by atoms with Crippen LogP contribution in [0.3, 0.4) is 0 Å². The Labute approximate surface area is 173 Å². The van der Waals surface area contributed by atoms with Crippen LogP contribution in [0, 0.1) is 17.1 Å². The van der Waals surface area contributed by atoms with Gasteiger partial charge < -0.3 is 15.2 Å². The highest BCUT2D eigenvalue weighted by Gasteiger charge is 2.56. The lowest BCUT2D eigenvalue weighted by Crippen LogP contribution is -2.53. The molecule has 2 heterocycles. The van der Waals surface area contributed by atoms with Gasteiger partial charge in [0.2, 0.25) is 5.88 Å². The van der Waals surface area contributed by atoms with Crippen LogP contribution in [0.15, 0.2) is 41.5 Å². The number of amides is 1. The minimum atomic E-state index is -4.85. The van der Waals surface area contributed by atoms with E-state index in [9.17, 15) is 22.4 Å². The summed E-state index contributed by atoms with van der Waals surface area (Å²) in [5, 5.41) is 11.0. The van der Waals surface area contributed by atoms with E-state index in [2.05, 4.69) is 15.3 Å². The molecular formula is C19H15F4N5O3. The fourth-order valence-electron chi connectivity index (χ4n) is 3.07. The van der Waals surface area contributed by atoms with Crippen molar-refractivity contribution in [2.45, 2.75) is 24.7 Å². The molecule has 0 radical (unpaired) electrons. The summed E-state index contributed by atoms with van der Waals surface area (Å²) >= 11 is 0. The molecule has 1 aromatic carbocycles. The summed E-state index contributed by atoms with van der Waals surface area (Å²) in [5.41, 5.74) is 3.04. The zero-order chi connectivity index (χ0) is 22.8. The van der Waals surface area contributed by atoms with Crippen molar-refractivity contribution in [2.24, 2.45) is 10.7 Å². The number of nitrogens with two attached hydrogens (primary N) is 1. The first-order chi connectivity index (χ1) is 14.5. The number of aliphatic imine (C=N–C) groups is 1. The Hall–Kier alpha value is -3.72. The number of carbonyl (C=O) groups excluding carboxylic acids is 1. The average Bonchev–Trinajstić information content (AvgIpc) is 2.68. The average molecular weight is 437 g/mol. The van der Waals surface area contributed by atoms with E-state index in [1.165, 1.54) is 18.3 Å². The second-order valence-corrected chi connectivity index (χ2v) is 6.69. The summed E-state index contributed by atoms with van der Waals surface area (Å²) in [7, 11) is 0. The van der Waals surface area contributed by atoms with Gasteiger partial charge in [-0.15, -0.1) is 0 Å². The summed E-state index contributed by atoms with van der Waals surface area (Å²) in [6, 6.07) is 7.50. The third kappa shape index (κ3) is 4.72. The van der Waals surface area contributed by atoms with Crippen LogP contribution in [0.4, 0.5) is 28.0 Å². The Morgan fingerprint density at radius 1 is 1.39 bits per heavy atom. The highest BCUT2D eigenvalue weighted by molar-refractivity contribution is 5.86. The number of carbonyl (C=O) groups is 1. The van der Waals surface area contributed by atoms with Crippen molar-refractivity contribution >= 4 is 17.6 Å². The molecule has 8 nitrogen and oxygen atoms in total. The number of alkyl halides is 3. The zero-order valence-electron chi connectivity index (χ0n) is 15.9. The molecule has 1 amide bonds. The van der Waals surface area contributed by atoms with Crippen molar-refractivity contribution in [3.8, 4) is 11.9 Å². The monoisotopic (exact) mass is 437 g/mol. The second-order valence-electron chi connectivity index (χ2n) is 6.69. The molecule has 3 rings (SSSR count). The van der Waals surface area contributed by atoms with Crippen LogP contribution >= 0.6 is 0 Å². The molecule has 1 aliphatic heterocycles. The number of hydrogen-bond donors (Lipinski definition) is 2. The number of nitrogens with zero attached hydrogens (tertiary/aromatic N) is 3. The lowest BCUT2D eigenvalue weighted by Gasteiger charge is -2.39. The largest absolute Gasteiger partial charge is 0.418 e. The van der Waals surface area contributed by atoms with Crippen molar-refractivity contribution in [3.63, 3.8) is 0 Å². The smallest absolute Gasteiger partial charge is 0.391 e. The SMILES string of the molecule is CC1(c2cc(NC(=O)Oc3ccc(C#N)cn3)ccc2F)N=C(N)COC1C(F)(F)F. The summed E-state index contributed by atoms with van der Waals surface area (Å²) < 4.78 is 64.8. The predicted molar refractivity (Wildman–Crippen MR) is 99.8 cm³/mol. The van der Waals surface area contributed by atoms with Gasteiger partial charge in [-0.05, 0) is 31.2 Å². The van der Waals surface area contributed by atoms with Crippen LogP contribution < -0.4 is 15.8 Å². The Morgan fingerprint density at radius 2 is 2.13 bits per heavy atom. The molecule has 162 valence electrons. The maximum absolute atomic E-state index is 14.5.